The minimum Gasteiger partial charge on any atom is -0.310 e. The Morgan fingerprint density at radius 3 is 2.85 bits per heavy atom. The van der Waals surface area contributed by atoms with Gasteiger partial charge in [0.2, 0.25) is 0 Å². The summed E-state index contributed by atoms with van der Waals surface area (Å²) in [6, 6.07) is 10.9. The fraction of sp³-hybridized carbons (Fsp3) is 0.353. The van der Waals surface area contributed by atoms with E-state index in [4.69, 9.17) is 0 Å². The lowest BCUT2D eigenvalue weighted by Gasteiger charge is -2.20. The van der Waals surface area contributed by atoms with Gasteiger partial charge in [-0.2, -0.15) is 0 Å². The molecule has 1 heterocycles. The highest BCUT2D eigenvalue weighted by molar-refractivity contribution is 9.10. The number of aryl methyl sites for hydroxylation is 1. The molecular weight excluding hydrogens is 312 g/mol. The van der Waals surface area contributed by atoms with Crippen molar-refractivity contribution in [3.63, 3.8) is 0 Å². The number of benzene rings is 1. The van der Waals surface area contributed by atoms with Crippen LogP contribution >= 0.6 is 15.9 Å². The number of rotatable bonds is 6. The summed E-state index contributed by atoms with van der Waals surface area (Å²) in [5.74, 6) is 0. The molecule has 106 valence electrons. The summed E-state index contributed by atoms with van der Waals surface area (Å²) < 4.78 is 1.13. The van der Waals surface area contributed by atoms with Crippen LogP contribution in [0.3, 0.4) is 0 Å². The first-order valence-electron chi connectivity index (χ1n) is 7.09. The Bertz CT molecular complexity index is 554. The van der Waals surface area contributed by atoms with Gasteiger partial charge in [0.15, 0.2) is 0 Å². The molecule has 2 nitrogen and oxygen atoms in total. The van der Waals surface area contributed by atoms with E-state index in [1.54, 1.807) is 0 Å². The first kappa shape index (κ1) is 15.2. The van der Waals surface area contributed by atoms with Crippen LogP contribution in [0.5, 0.6) is 0 Å². The minimum atomic E-state index is 0.318. The zero-order valence-electron chi connectivity index (χ0n) is 12.1. The molecule has 2 rings (SSSR count). The predicted molar refractivity (Wildman–Crippen MR) is 87.9 cm³/mol. The zero-order chi connectivity index (χ0) is 14.4. The third-order valence-electron chi connectivity index (χ3n) is 3.42. The van der Waals surface area contributed by atoms with Crippen molar-refractivity contribution in [2.75, 3.05) is 6.54 Å². The van der Waals surface area contributed by atoms with E-state index in [9.17, 15) is 0 Å². The summed E-state index contributed by atoms with van der Waals surface area (Å²) in [6.07, 6.45) is 5.95. The topological polar surface area (TPSA) is 24.9 Å². The van der Waals surface area contributed by atoms with Gasteiger partial charge < -0.3 is 5.32 Å². The maximum absolute atomic E-state index is 4.28. The first-order chi connectivity index (χ1) is 9.70. The molecule has 0 fully saturated rings. The van der Waals surface area contributed by atoms with Crippen molar-refractivity contribution >= 4 is 15.9 Å². The normalized spacial score (nSPS) is 12.3. The summed E-state index contributed by atoms with van der Waals surface area (Å²) in [7, 11) is 0. The van der Waals surface area contributed by atoms with E-state index in [2.05, 4.69) is 70.4 Å². The quantitative estimate of drug-likeness (QED) is 0.846. The molecule has 0 amide bonds. The lowest BCUT2D eigenvalue weighted by Crippen LogP contribution is -2.25. The largest absolute Gasteiger partial charge is 0.310 e. The van der Waals surface area contributed by atoms with E-state index < -0.39 is 0 Å². The molecule has 1 aromatic carbocycles. The van der Waals surface area contributed by atoms with Crippen LogP contribution in [0, 0.1) is 6.92 Å². The summed E-state index contributed by atoms with van der Waals surface area (Å²) in [6.45, 7) is 5.37. The van der Waals surface area contributed by atoms with Crippen LogP contribution in [0.4, 0.5) is 0 Å². The molecule has 0 bridgehead atoms. The molecule has 0 aliphatic heterocycles. The smallest absolute Gasteiger partial charge is 0.0378 e. The lowest BCUT2D eigenvalue weighted by atomic mass is 9.97. The molecule has 20 heavy (non-hydrogen) atoms. The lowest BCUT2D eigenvalue weighted by molar-refractivity contribution is 0.525. The van der Waals surface area contributed by atoms with Gasteiger partial charge in [0.05, 0.1) is 0 Å². The maximum Gasteiger partial charge on any atom is 0.0378 e. The van der Waals surface area contributed by atoms with Crippen molar-refractivity contribution in [2.24, 2.45) is 0 Å². The van der Waals surface area contributed by atoms with Crippen LogP contribution in [-0.2, 0) is 6.42 Å². The van der Waals surface area contributed by atoms with Gasteiger partial charge in [0, 0.05) is 22.9 Å². The van der Waals surface area contributed by atoms with Gasteiger partial charge in [0.25, 0.3) is 0 Å². The Labute approximate surface area is 129 Å². The van der Waals surface area contributed by atoms with Gasteiger partial charge in [0.1, 0.15) is 0 Å². The average molecular weight is 333 g/mol. The van der Waals surface area contributed by atoms with Gasteiger partial charge in [-0.15, -0.1) is 0 Å². The first-order valence-corrected chi connectivity index (χ1v) is 7.88. The van der Waals surface area contributed by atoms with E-state index in [0.717, 1.165) is 23.9 Å². The Hall–Kier alpha value is -1.19. The van der Waals surface area contributed by atoms with Crippen LogP contribution < -0.4 is 5.32 Å². The standard InChI is InChI=1S/C17H21BrN2/c1-3-8-20-17(16-12-19-9-7-13(16)2)11-14-5-4-6-15(18)10-14/h4-7,9-10,12,17,20H,3,8,11H2,1-2H3. The van der Waals surface area contributed by atoms with Gasteiger partial charge >= 0.3 is 0 Å². The van der Waals surface area contributed by atoms with Crippen molar-refractivity contribution in [3.05, 3.63) is 63.9 Å². The number of aromatic nitrogens is 1. The Morgan fingerprint density at radius 2 is 2.15 bits per heavy atom. The van der Waals surface area contributed by atoms with Crippen LogP contribution in [-0.4, -0.2) is 11.5 Å². The Kier molecular flexibility index (Phi) is 5.74. The molecule has 0 radical (unpaired) electrons. The number of nitrogens with one attached hydrogen (secondary N) is 1. The highest BCUT2D eigenvalue weighted by Crippen LogP contribution is 2.22. The summed E-state index contributed by atoms with van der Waals surface area (Å²) in [5, 5.41) is 3.64. The molecule has 3 heteroatoms. The second-order valence-electron chi connectivity index (χ2n) is 5.07. The number of pyridine rings is 1. The number of hydrogen-bond acceptors (Lipinski definition) is 2. The zero-order valence-corrected chi connectivity index (χ0v) is 13.7. The molecular formula is C17H21BrN2. The van der Waals surface area contributed by atoms with Crippen molar-refractivity contribution < 1.29 is 0 Å². The van der Waals surface area contributed by atoms with Crippen LogP contribution in [0.25, 0.3) is 0 Å². The molecule has 1 aromatic heterocycles. The van der Waals surface area contributed by atoms with Crippen LogP contribution in [0.15, 0.2) is 47.2 Å². The molecule has 1 atom stereocenters. The molecule has 0 spiro atoms. The number of hydrogen-bond donors (Lipinski definition) is 1. The van der Waals surface area contributed by atoms with Crippen LogP contribution in [0.1, 0.15) is 36.1 Å². The van der Waals surface area contributed by atoms with E-state index in [1.807, 2.05) is 12.4 Å². The maximum atomic E-state index is 4.28. The molecule has 0 saturated heterocycles. The second-order valence-corrected chi connectivity index (χ2v) is 5.99. The SMILES string of the molecule is CCCNC(Cc1cccc(Br)c1)c1cnccc1C. The molecule has 0 saturated carbocycles. The summed E-state index contributed by atoms with van der Waals surface area (Å²) >= 11 is 3.54. The highest BCUT2D eigenvalue weighted by Gasteiger charge is 2.14. The molecule has 0 aliphatic rings. The Morgan fingerprint density at radius 1 is 1.30 bits per heavy atom. The van der Waals surface area contributed by atoms with E-state index in [-0.39, 0.29) is 0 Å². The highest BCUT2D eigenvalue weighted by atomic mass is 79.9. The average Bonchev–Trinajstić information content (AvgIpc) is 2.44. The summed E-state index contributed by atoms with van der Waals surface area (Å²) in [4.78, 5) is 4.28. The second kappa shape index (κ2) is 7.55. The molecule has 2 aromatic rings. The van der Waals surface area contributed by atoms with Crippen molar-refractivity contribution in [1.82, 2.24) is 10.3 Å². The Balaban J connectivity index is 2.22. The number of halogens is 1. The predicted octanol–water partition coefficient (Wildman–Crippen LogP) is 4.44. The summed E-state index contributed by atoms with van der Waals surface area (Å²) in [5.41, 5.74) is 3.92. The van der Waals surface area contributed by atoms with Gasteiger partial charge in [-0.1, -0.05) is 35.0 Å². The fourth-order valence-electron chi connectivity index (χ4n) is 2.35. The minimum absolute atomic E-state index is 0.318. The van der Waals surface area contributed by atoms with Gasteiger partial charge in [-0.3, -0.25) is 4.98 Å². The molecule has 0 aliphatic carbocycles. The molecule has 1 N–H and O–H groups in total. The number of nitrogens with zero attached hydrogens (tertiary/aromatic N) is 1. The van der Waals surface area contributed by atoms with Crippen LogP contribution in [0.2, 0.25) is 0 Å². The van der Waals surface area contributed by atoms with Gasteiger partial charge in [-0.25, -0.2) is 0 Å². The fourth-order valence-corrected chi connectivity index (χ4v) is 2.80. The van der Waals surface area contributed by atoms with E-state index in [1.165, 1.54) is 16.7 Å². The third-order valence-corrected chi connectivity index (χ3v) is 3.92. The van der Waals surface area contributed by atoms with Gasteiger partial charge in [-0.05, 0) is 61.2 Å². The van der Waals surface area contributed by atoms with Crippen molar-refractivity contribution in [2.45, 2.75) is 32.7 Å². The van der Waals surface area contributed by atoms with E-state index >= 15 is 0 Å². The van der Waals surface area contributed by atoms with Crippen molar-refractivity contribution in [3.8, 4) is 0 Å². The molecule has 1 unspecified atom stereocenters. The van der Waals surface area contributed by atoms with E-state index in [0.29, 0.717) is 6.04 Å². The van der Waals surface area contributed by atoms with Crippen molar-refractivity contribution in [1.29, 1.82) is 0 Å². The third kappa shape index (κ3) is 4.15. The monoisotopic (exact) mass is 332 g/mol.